The molecule has 27 heavy (non-hydrogen) atoms. The first-order chi connectivity index (χ1) is 13.0. The van der Waals surface area contributed by atoms with Gasteiger partial charge in [-0.2, -0.15) is 0 Å². The molecular weight excluding hydrogens is 340 g/mol. The molecule has 0 saturated heterocycles. The Hall–Kier alpha value is -2.53. The quantitative estimate of drug-likeness (QED) is 0.631. The number of hydrogen-bond acceptors (Lipinski definition) is 3. The highest BCUT2D eigenvalue weighted by molar-refractivity contribution is 5.94. The lowest BCUT2D eigenvalue weighted by Crippen LogP contribution is -3.04. The van der Waals surface area contributed by atoms with Crippen molar-refractivity contribution in [2.24, 2.45) is 0 Å². The van der Waals surface area contributed by atoms with Crippen LogP contribution in [-0.4, -0.2) is 33.7 Å². The number of quaternary nitrogens is 1. The molecule has 0 radical (unpaired) electrons. The molecule has 2 aromatic rings. The summed E-state index contributed by atoms with van der Waals surface area (Å²) in [6, 6.07) is 13.6. The van der Waals surface area contributed by atoms with Crippen LogP contribution >= 0.6 is 0 Å². The molecule has 0 aliphatic heterocycles. The van der Waals surface area contributed by atoms with E-state index in [1.807, 2.05) is 0 Å². The lowest BCUT2D eigenvalue weighted by Gasteiger charge is -2.12. The van der Waals surface area contributed by atoms with Gasteiger partial charge in [0.05, 0.1) is 27.8 Å². The van der Waals surface area contributed by atoms with Gasteiger partial charge in [0.1, 0.15) is 6.54 Å². The second-order valence-corrected chi connectivity index (χ2v) is 6.95. The summed E-state index contributed by atoms with van der Waals surface area (Å²) in [5.74, 6) is 1.12. The lowest BCUT2D eigenvalue weighted by molar-refractivity contribution is -0.872. The van der Waals surface area contributed by atoms with Gasteiger partial charge in [0.2, 0.25) is 0 Å². The maximum Gasteiger partial charge on any atom is 0.251 e. The summed E-state index contributed by atoms with van der Waals surface area (Å²) >= 11 is 0. The number of nitrogens with one attached hydrogen (secondary N) is 2. The minimum absolute atomic E-state index is 0.129. The summed E-state index contributed by atoms with van der Waals surface area (Å²) < 4.78 is 11.1. The van der Waals surface area contributed by atoms with Crippen molar-refractivity contribution in [3.63, 3.8) is 0 Å². The van der Waals surface area contributed by atoms with Crippen LogP contribution in [0.1, 0.15) is 41.3 Å². The van der Waals surface area contributed by atoms with Crippen LogP contribution in [0.3, 0.4) is 0 Å². The zero-order chi connectivity index (χ0) is 19.6. The van der Waals surface area contributed by atoms with Crippen LogP contribution in [0.2, 0.25) is 0 Å². The Labute approximate surface area is 162 Å². The molecule has 0 bridgehead atoms. The van der Waals surface area contributed by atoms with E-state index < -0.39 is 0 Å². The molecule has 2 rings (SSSR count). The van der Waals surface area contributed by atoms with Crippen molar-refractivity contribution in [3.05, 3.63) is 59.2 Å². The van der Waals surface area contributed by atoms with Crippen molar-refractivity contribution in [1.82, 2.24) is 5.32 Å². The normalized spacial score (nSPS) is 10.7. The van der Waals surface area contributed by atoms with Gasteiger partial charge < -0.3 is 19.7 Å². The topological polar surface area (TPSA) is 52.0 Å². The molecule has 0 saturated carbocycles. The van der Waals surface area contributed by atoms with Crippen LogP contribution in [0, 0.1) is 0 Å². The van der Waals surface area contributed by atoms with E-state index in [1.165, 1.54) is 10.5 Å². The second-order valence-electron chi connectivity index (χ2n) is 6.95. The van der Waals surface area contributed by atoms with Gasteiger partial charge in [-0.1, -0.05) is 37.6 Å². The van der Waals surface area contributed by atoms with Crippen LogP contribution in [0.15, 0.2) is 42.5 Å². The number of carbonyl (C=O) groups excluding carboxylic acids is 1. The number of benzene rings is 2. The number of hydrogen-bond donors (Lipinski definition) is 2. The molecule has 0 aliphatic rings. The molecular formula is C22H31N2O3+. The summed E-state index contributed by atoms with van der Waals surface area (Å²) in [4.78, 5) is 13.8. The van der Waals surface area contributed by atoms with E-state index in [0.29, 0.717) is 30.2 Å². The summed E-state index contributed by atoms with van der Waals surface area (Å²) in [6.45, 7) is 4.23. The van der Waals surface area contributed by atoms with Crippen molar-refractivity contribution in [3.8, 4) is 11.5 Å². The SMILES string of the molecule is CCCCOc1ccc(C(=O)NCc2ccc(C[NH+](C)C)cc2)cc1OC. The molecule has 2 N–H and O–H groups in total. The third kappa shape index (κ3) is 6.61. The Morgan fingerprint density at radius 2 is 1.74 bits per heavy atom. The predicted molar refractivity (Wildman–Crippen MR) is 108 cm³/mol. The molecule has 146 valence electrons. The van der Waals surface area contributed by atoms with E-state index in [2.05, 4.69) is 50.6 Å². The Kier molecular flexibility index (Phi) is 8.14. The summed E-state index contributed by atoms with van der Waals surface area (Å²) in [5, 5.41) is 2.96. The molecule has 0 spiro atoms. The Morgan fingerprint density at radius 1 is 1.04 bits per heavy atom. The van der Waals surface area contributed by atoms with E-state index in [4.69, 9.17) is 9.47 Å². The zero-order valence-electron chi connectivity index (χ0n) is 16.8. The van der Waals surface area contributed by atoms with Crippen molar-refractivity contribution in [1.29, 1.82) is 0 Å². The van der Waals surface area contributed by atoms with Gasteiger partial charge in [-0.3, -0.25) is 4.79 Å². The maximum atomic E-state index is 12.5. The average molecular weight is 372 g/mol. The molecule has 5 heteroatoms. The van der Waals surface area contributed by atoms with Gasteiger partial charge in [0.15, 0.2) is 11.5 Å². The van der Waals surface area contributed by atoms with Crippen LogP contribution in [0.5, 0.6) is 11.5 Å². The first-order valence-electron chi connectivity index (χ1n) is 9.49. The van der Waals surface area contributed by atoms with Crippen LogP contribution in [-0.2, 0) is 13.1 Å². The largest absolute Gasteiger partial charge is 0.493 e. The fourth-order valence-electron chi connectivity index (χ4n) is 2.72. The van der Waals surface area contributed by atoms with E-state index >= 15 is 0 Å². The fraction of sp³-hybridized carbons (Fsp3) is 0.409. The van der Waals surface area contributed by atoms with E-state index in [1.54, 1.807) is 25.3 Å². The Balaban J connectivity index is 1.95. The van der Waals surface area contributed by atoms with Crippen LogP contribution in [0.4, 0.5) is 0 Å². The average Bonchev–Trinajstić information content (AvgIpc) is 2.67. The smallest absolute Gasteiger partial charge is 0.251 e. The third-order valence-electron chi connectivity index (χ3n) is 4.21. The van der Waals surface area contributed by atoms with E-state index in [0.717, 1.165) is 24.9 Å². The Bertz CT molecular complexity index is 727. The standard InChI is InChI=1S/C22H30N2O3/c1-5-6-13-27-20-12-11-19(14-21(20)26-4)22(25)23-15-17-7-9-18(10-8-17)16-24(2)3/h7-12,14H,5-6,13,15-16H2,1-4H3,(H,23,25)/p+1. The molecule has 2 aromatic carbocycles. The van der Waals surface area contributed by atoms with Crippen LogP contribution in [0.25, 0.3) is 0 Å². The van der Waals surface area contributed by atoms with E-state index in [9.17, 15) is 4.79 Å². The number of rotatable bonds is 10. The lowest BCUT2D eigenvalue weighted by atomic mass is 10.1. The van der Waals surface area contributed by atoms with Crippen LogP contribution < -0.4 is 19.7 Å². The van der Waals surface area contributed by atoms with Gasteiger partial charge >= 0.3 is 0 Å². The second kappa shape index (κ2) is 10.6. The van der Waals surface area contributed by atoms with Crippen molar-refractivity contribution < 1.29 is 19.2 Å². The highest BCUT2D eigenvalue weighted by atomic mass is 16.5. The molecule has 0 aliphatic carbocycles. The predicted octanol–water partition coefficient (Wildman–Crippen LogP) is 2.45. The Morgan fingerprint density at radius 3 is 2.37 bits per heavy atom. The van der Waals surface area contributed by atoms with Crippen molar-refractivity contribution in [2.45, 2.75) is 32.9 Å². The first-order valence-corrected chi connectivity index (χ1v) is 9.49. The number of amides is 1. The van der Waals surface area contributed by atoms with Gasteiger partial charge in [-0.05, 0) is 30.2 Å². The van der Waals surface area contributed by atoms with Crippen molar-refractivity contribution in [2.75, 3.05) is 27.8 Å². The maximum absolute atomic E-state index is 12.5. The summed E-state index contributed by atoms with van der Waals surface area (Å²) in [7, 11) is 5.84. The molecule has 0 heterocycles. The molecule has 0 unspecified atom stereocenters. The molecule has 0 atom stereocenters. The first kappa shape index (κ1) is 20.8. The van der Waals surface area contributed by atoms with E-state index in [-0.39, 0.29) is 5.91 Å². The minimum atomic E-state index is -0.129. The monoisotopic (exact) mass is 371 g/mol. The highest BCUT2D eigenvalue weighted by Gasteiger charge is 2.11. The fourth-order valence-corrected chi connectivity index (χ4v) is 2.72. The highest BCUT2D eigenvalue weighted by Crippen LogP contribution is 2.28. The van der Waals surface area contributed by atoms with Crippen molar-refractivity contribution >= 4 is 5.91 Å². The zero-order valence-corrected chi connectivity index (χ0v) is 16.8. The van der Waals surface area contributed by atoms with Gasteiger partial charge in [0, 0.05) is 17.7 Å². The molecule has 0 fully saturated rings. The number of methoxy groups -OCH3 is 1. The number of ether oxygens (including phenoxy) is 2. The number of carbonyl (C=O) groups is 1. The number of unbranched alkanes of at least 4 members (excludes halogenated alkanes) is 1. The van der Waals surface area contributed by atoms with Gasteiger partial charge in [0.25, 0.3) is 5.91 Å². The molecule has 1 amide bonds. The van der Waals surface area contributed by atoms with Gasteiger partial charge in [-0.25, -0.2) is 0 Å². The summed E-state index contributed by atoms with van der Waals surface area (Å²) in [5.41, 5.74) is 2.92. The molecule has 0 aromatic heterocycles. The molecule has 5 nitrogen and oxygen atoms in total. The minimum Gasteiger partial charge on any atom is -0.493 e. The third-order valence-corrected chi connectivity index (χ3v) is 4.21. The van der Waals surface area contributed by atoms with Gasteiger partial charge in [-0.15, -0.1) is 0 Å². The summed E-state index contributed by atoms with van der Waals surface area (Å²) in [6.07, 6.45) is 2.06.